The molecule has 2 heterocycles. The zero-order chi connectivity index (χ0) is 19.3. The van der Waals surface area contributed by atoms with Crippen LogP contribution in [-0.4, -0.2) is 56.9 Å². The molecule has 148 valence electrons. The van der Waals surface area contributed by atoms with Gasteiger partial charge in [-0.25, -0.2) is 0 Å². The Labute approximate surface area is 165 Å². The average molecular weight is 382 g/mol. The second-order valence-electron chi connectivity index (χ2n) is 7.10. The molecule has 2 aromatic carbocycles. The fourth-order valence-electron chi connectivity index (χ4n) is 3.81. The maximum Gasteiger partial charge on any atom is 0.261 e. The van der Waals surface area contributed by atoms with Gasteiger partial charge in [0.2, 0.25) is 0 Å². The van der Waals surface area contributed by atoms with Crippen LogP contribution in [0, 0.1) is 0 Å². The molecule has 1 N–H and O–H groups in total. The molecule has 6 nitrogen and oxygen atoms in total. The zero-order valence-corrected chi connectivity index (χ0v) is 16.1. The minimum Gasteiger partial charge on any atom is -0.497 e. The molecule has 0 saturated carbocycles. The van der Waals surface area contributed by atoms with Crippen molar-refractivity contribution in [3.8, 4) is 11.5 Å². The van der Waals surface area contributed by atoms with Gasteiger partial charge in [-0.05, 0) is 29.3 Å². The summed E-state index contributed by atoms with van der Waals surface area (Å²) >= 11 is 0. The molecule has 6 heteroatoms. The van der Waals surface area contributed by atoms with Gasteiger partial charge in [-0.1, -0.05) is 30.3 Å². The molecule has 0 aromatic heterocycles. The molecule has 0 spiro atoms. The first-order valence-corrected chi connectivity index (χ1v) is 9.72. The van der Waals surface area contributed by atoms with Crippen molar-refractivity contribution in [1.82, 2.24) is 10.2 Å². The zero-order valence-electron chi connectivity index (χ0n) is 16.1. The third-order valence-electron chi connectivity index (χ3n) is 5.40. The number of benzene rings is 2. The van der Waals surface area contributed by atoms with Gasteiger partial charge in [0.05, 0.1) is 26.4 Å². The van der Waals surface area contributed by atoms with E-state index >= 15 is 0 Å². The number of fused-ring (bicyclic) bond motifs is 1. The topological polar surface area (TPSA) is 60.0 Å². The van der Waals surface area contributed by atoms with Crippen LogP contribution in [0.15, 0.2) is 48.5 Å². The lowest BCUT2D eigenvalue weighted by Gasteiger charge is -2.35. The summed E-state index contributed by atoms with van der Waals surface area (Å²) < 4.78 is 16.6. The van der Waals surface area contributed by atoms with Gasteiger partial charge >= 0.3 is 0 Å². The minimum absolute atomic E-state index is 0.0667. The molecule has 4 rings (SSSR count). The van der Waals surface area contributed by atoms with Crippen LogP contribution in [-0.2, 0) is 16.0 Å². The first kappa shape index (κ1) is 18.8. The molecule has 0 aliphatic carbocycles. The van der Waals surface area contributed by atoms with E-state index in [2.05, 4.69) is 22.3 Å². The van der Waals surface area contributed by atoms with Gasteiger partial charge in [0, 0.05) is 26.1 Å². The van der Waals surface area contributed by atoms with Crippen molar-refractivity contribution < 1.29 is 19.0 Å². The molecular formula is C22H26N2O4. The number of methoxy groups -OCH3 is 1. The molecule has 1 amide bonds. The van der Waals surface area contributed by atoms with E-state index in [1.807, 2.05) is 36.4 Å². The van der Waals surface area contributed by atoms with E-state index in [0.29, 0.717) is 26.2 Å². The molecule has 2 atom stereocenters. The number of para-hydroxylation sites is 1. The van der Waals surface area contributed by atoms with Gasteiger partial charge in [-0.15, -0.1) is 0 Å². The molecule has 0 bridgehead atoms. The van der Waals surface area contributed by atoms with Crippen LogP contribution in [0.2, 0.25) is 0 Å². The Morgan fingerprint density at radius 3 is 2.64 bits per heavy atom. The third kappa shape index (κ3) is 4.13. The number of nitrogens with zero attached hydrogens (tertiary/aromatic N) is 1. The molecule has 1 saturated heterocycles. The van der Waals surface area contributed by atoms with Crippen molar-refractivity contribution in [3.63, 3.8) is 0 Å². The number of carbonyl (C=O) groups excluding carboxylic acids is 1. The molecule has 2 aromatic rings. The Morgan fingerprint density at radius 1 is 1.18 bits per heavy atom. The number of carbonyl (C=O) groups is 1. The maximum atomic E-state index is 12.7. The van der Waals surface area contributed by atoms with E-state index in [1.54, 1.807) is 7.11 Å². The standard InChI is InChI=1S/C22H26N2O4/c1-26-18-8-6-16(7-9-18)19(24-10-12-27-13-11-24)15-23-22(25)21-14-17-4-2-3-5-20(17)28-21/h2-9,19,21H,10-15H2,1H3,(H,23,25). The monoisotopic (exact) mass is 382 g/mol. The van der Waals surface area contributed by atoms with E-state index < -0.39 is 6.10 Å². The summed E-state index contributed by atoms with van der Waals surface area (Å²) in [6.45, 7) is 3.64. The smallest absolute Gasteiger partial charge is 0.261 e. The van der Waals surface area contributed by atoms with Gasteiger partial charge in [-0.2, -0.15) is 0 Å². The van der Waals surface area contributed by atoms with E-state index in [-0.39, 0.29) is 11.9 Å². The number of ether oxygens (including phenoxy) is 3. The Bertz CT molecular complexity index is 777. The van der Waals surface area contributed by atoms with Crippen LogP contribution in [0.4, 0.5) is 0 Å². The third-order valence-corrected chi connectivity index (χ3v) is 5.40. The van der Waals surface area contributed by atoms with E-state index in [9.17, 15) is 4.79 Å². The highest BCUT2D eigenvalue weighted by Gasteiger charge is 2.30. The Hall–Kier alpha value is -2.57. The van der Waals surface area contributed by atoms with Gasteiger partial charge in [0.25, 0.3) is 5.91 Å². The Kier molecular flexibility index (Phi) is 5.78. The lowest BCUT2D eigenvalue weighted by Crippen LogP contribution is -2.46. The first-order chi connectivity index (χ1) is 13.7. The van der Waals surface area contributed by atoms with Crippen LogP contribution < -0.4 is 14.8 Å². The van der Waals surface area contributed by atoms with Crippen molar-refractivity contribution in [2.24, 2.45) is 0 Å². The number of hydrogen-bond donors (Lipinski definition) is 1. The lowest BCUT2D eigenvalue weighted by atomic mass is 10.0. The summed E-state index contributed by atoms with van der Waals surface area (Å²) in [6, 6.07) is 16.0. The van der Waals surface area contributed by atoms with Crippen molar-refractivity contribution in [1.29, 1.82) is 0 Å². The molecule has 1 fully saturated rings. The average Bonchev–Trinajstić information content (AvgIpc) is 3.19. The van der Waals surface area contributed by atoms with Crippen LogP contribution in [0.5, 0.6) is 11.5 Å². The van der Waals surface area contributed by atoms with Crippen LogP contribution in [0.25, 0.3) is 0 Å². The molecule has 2 unspecified atom stereocenters. The number of nitrogens with one attached hydrogen (secondary N) is 1. The van der Waals surface area contributed by atoms with Crippen LogP contribution >= 0.6 is 0 Å². The molecule has 2 aliphatic heterocycles. The predicted octanol–water partition coefficient (Wildman–Crippen LogP) is 2.19. The summed E-state index contributed by atoms with van der Waals surface area (Å²) in [5.41, 5.74) is 2.24. The largest absolute Gasteiger partial charge is 0.497 e. The van der Waals surface area contributed by atoms with Gasteiger partial charge < -0.3 is 19.5 Å². The molecular weight excluding hydrogens is 356 g/mol. The van der Waals surface area contributed by atoms with Crippen molar-refractivity contribution >= 4 is 5.91 Å². The van der Waals surface area contributed by atoms with Crippen molar-refractivity contribution in [2.75, 3.05) is 40.0 Å². The summed E-state index contributed by atoms with van der Waals surface area (Å²) in [5, 5.41) is 3.11. The van der Waals surface area contributed by atoms with Gasteiger partial charge in [-0.3, -0.25) is 9.69 Å². The highest BCUT2D eigenvalue weighted by molar-refractivity contribution is 5.82. The van der Waals surface area contributed by atoms with Gasteiger partial charge in [0.1, 0.15) is 11.5 Å². The number of amides is 1. The number of morpholine rings is 1. The Morgan fingerprint density at radius 2 is 1.93 bits per heavy atom. The summed E-state index contributed by atoms with van der Waals surface area (Å²) in [4.78, 5) is 15.1. The minimum atomic E-state index is -0.460. The van der Waals surface area contributed by atoms with Crippen LogP contribution in [0.1, 0.15) is 17.2 Å². The predicted molar refractivity (Wildman–Crippen MR) is 106 cm³/mol. The molecule has 0 radical (unpaired) electrons. The molecule has 28 heavy (non-hydrogen) atoms. The lowest BCUT2D eigenvalue weighted by molar-refractivity contribution is -0.127. The summed E-state index contributed by atoms with van der Waals surface area (Å²) in [6.07, 6.45) is 0.158. The second-order valence-corrected chi connectivity index (χ2v) is 7.10. The Balaban J connectivity index is 1.42. The van der Waals surface area contributed by atoms with E-state index in [4.69, 9.17) is 14.2 Å². The first-order valence-electron chi connectivity index (χ1n) is 9.72. The fraction of sp³-hybridized carbons (Fsp3) is 0.409. The normalized spacial score (nSPS) is 20.1. The SMILES string of the molecule is COc1ccc(C(CNC(=O)C2Cc3ccccc3O2)N2CCOCC2)cc1. The van der Waals surface area contributed by atoms with Crippen molar-refractivity contribution in [2.45, 2.75) is 18.6 Å². The van der Waals surface area contributed by atoms with E-state index in [1.165, 1.54) is 0 Å². The number of hydrogen-bond acceptors (Lipinski definition) is 5. The van der Waals surface area contributed by atoms with Crippen LogP contribution in [0.3, 0.4) is 0 Å². The van der Waals surface area contributed by atoms with Gasteiger partial charge in [0.15, 0.2) is 6.10 Å². The second kappa shape index (κ2) is 8.63. The highest BCUT2D eigenvalue weighted by Crippen LogP contribution is 2.28. The molecule has 2 aliphatic rings. The fourth-order valence-corrected chi connectivity index (χ4v) is 3.81. The quantitative estimate of drug-likeness (QED) is 0.830. The van der Waals surface area contributed by atoms with Crippen molar-refractivity contribution in [3.05, 3.63) is 59.7 Å². The maximum absolute atomic E-state index is 12.7. The highest BCUT2D eigenvalue weighted by atomic mass is 16.5. The summed E-state index contributed by atoms with van der Waals surface area (Å²) in [7, 11) is 1.66. The number of rotatable bonds is 6. The summed E-state index contributed by atoms with van der Waals surface area (Å²) in [5.74, 6) is 1.57. The van der Waals surface area contributed by atoms with E-state index in [0.717, 1.165) is 35.7 Å².